The van der Waals surface area contributed by atoms with E-state index in [4.69, 9.17) is 9.47 Å². The maximum Gasteiger partial charge on any atom is 0.0619 e. The molecule has 0 radical (unpaired) electrons. The van der Waals surface area contributed by atoms with Gasteiger partial charge >= 0.3 is 0 Å². The number of hydrogen-bond donors (Lipinski definition) is 1. The average Bonchev–Trinajstić information content (AvgIpc) is 2.12. The molecule has 1 saturated heterocycles. The molecule has 1 saturated carbocycles. The number of rotatable bonds is 3. The van der Waals surface area contributed by atoms with Crippen molar-refractivity contribution in [3.05, 3.63) is 0 Å². The summed E-state index contributed by atoms with van der Waals surface area (Å²) in [4.78, 5) is 0. The first-order valence-electron chi connectivity index (χ1n) is 5.25. The number of nitrogens with one attached hydrogen (secondary N) is 1. The quantitative estimate of drug-likeness (QED) is 0.709. The predicted octanol–water partition coefficient (Wildman–Crippen LogP) is 0.932. The molecule has 1 heterocycles. The maximum absolute atomic E-state index is 5.41. The van der Waals surface area contributed by atoms with Crippen LogP contribution in [0.2, 0.25) is 0 Å². The van der Waals surface area contributed by atoms with Gasteiger partial charge in [0.1, 0.15) is 0 Å². The van der Waals surface area contributed by atoms with Crippen molar-refractivity contribution in [1.29, 1.82) is 0 Å². The zero-order valence-electron chi connectivity index (χ0n) is 8.29. The van der Waals surface area contributed by atoms with Crippen molar-refractivity contribution >= 4 is 0 Å². The highest BCUT2D eigenvalue weighted by Gasteiger charge is 2.30. The van der Waals surface area contributed by atoms with E-state index < -0.39 is 0 Å². The third kappa shape index (κ3) is 2.42. The Kier molecular flexibility index (Phi) is 3.19. The largest absolute Gasteiger partial charge is 0.381 e. The van der Waals surface area contributed by atoms with Gasteiger partial charge in [-0.3, -0.25) is 0 Å². The minimum absolute atomic E-state index is 0.502. The fraction of sp³-hybridized carbons (Fsp3) is 1.00. The van der Waals surface area contributed by atoms with Gasteiger partial charge in [0.05, 0.1) is 12.7 Å². The first-order valence-corrected chi connectivity index (χ1v) is 5.25. The molecule has 1 atom stereocenters. The number of methoxy groups -OCH3 is 1. The van der Waals surface area contributed by atoms with Crippen LogP contribution in [0.5, 0.6) is 0 Å². The molecule has 2 aliphatic rings. The molecular formula is C10H19NO2. The normalized spacial score (nSPS) is 39.9. The lowest BCUT2D eigenvalue weighted by molar-refractivity contribution is 0.00151. The lowest BCUT2D eigenvalue weighted by Gasteiger charge is -2.38. The van der Waals surface area contributed by atoms with E-state index in [2.05, 4.69) is 5.32 Å². The summed E-state index contributed by atoms with van der Waals surface area (Å²) >= 11 is 0. The van der Waals surface area contributed by atoms with E-state index in [1.165, 1.54) is 25.7 Å². The summed E-state index contributed by atoms with van der Waals surface area (Å²) < 4.78 is 10.6. The Balaban J connectivity index is 1.62. The highest BCUT2D eigenvalue weighted by atomic mass is 16.5. The topological polar surface area (TPSA) is 30.5 Å². The summed E-state index contributed by atoms with van der Waals surface area (Å²) in [5.74, 6) is 0. The fourth-order valence-corrected chi connectivity index (χ4v) is 2.10. The standard InChI is InChI=1S/C10H19NO2/c1-12-10-5-9(6-10)11-8-3-2-4-13-7-8/h8-11H,2-7H2,1H3. The van der Waals surface area contributed by atoms with Crippen LogP contribution in [0.25, 0.3) is 0 Å². The monoisotopic (exact) mass is 185 g/mol. The predicted molar refractivity (Wildman–Crippen MR) is 50.8 cm³/mol. The van der Waals surface area contributed by atoms with Gasteiger partial charge in [-0.2, -0.15) is 0 Å². The molecule has 2 rings (SSSR count). The van der Waals surface area contributed by atoms with Crippen LogP contribution < -0.4 is 5.32 Å². The highest BCUT2D eigenvalue weighted by Crippen LogP contribution is 2.23. The van der Waals surface area contributed by atoms with Crippen molar-refractivity contribution in [2.75, 3.05) is 20.3 Å². The zero-order valence-corrected chi connectivity index (χ0v) is 8.29. The third-order valence-electron chi connectivity index (χ3n) is 3.06. The van der Waals surface area contributed by atoms with E-state index in [1.54, 1.807) is 7.11 Å². The van der Waals surface area contributed by atoms with Crippen LogP contribution in [0, 0.1) is 0 Å². The Bertz CT molecular complexity index is 151. The molecule has 0 spiro atoms. The number of ether oxygens (including phenoxy) is 2. The molecule has 13 heavy (non-hydrogen) atoms. The van der Waals surface area contributed by atoms with Gasteiger partial charge in [0.15, 0.2) is 0 Å². The fourth-order valence-electron chi connectivity index (χ4n) is 2.10. The van der Waals surface area contributed by atoms with E-state index in [-0.39, 0.29) is 0 Å². The van der Waals surface area contributed by atoms with Crippen molar-refractivity contribution in [3.8, 4) is 0 Å². The molecule has 3 heteroatoms. The second-order valence-corrected chi connectivity index (χ2v) is 4.11. The summed E-state index contributed by atoms with van der Waals surface area (Å²) in [5, 5.41) is 3.61. The minimum atomic E-state index is 0.502. The molecule has 0 aromatic carbocycles. The Labute approximate surface area is 79.8 Å². The van der Waals surface area contributed by atoms with E-state index in [0.717, 1.165) is 13.2 Å². The minimum Gasteiger partial charge on any atom is -0.381 e. The zero-order chi connectivity index (χ0) is 9.10. The van der Waals surface area contributed by atoms with Gasteiger partial charge in [-0.05, 0) is 25.7 Å². The lowest BCUT2D eigenvalue weighted by Crippen LogP contribution is -2.51. The van der Waals surface area contributed by atoms with Crippen molar-refractivity contribution in [1.82, 2.24) is 5.32 Å². The van der Waals surface area contributed by atoms with Crippen LogP contribution in [0.3, 0.4) is 0 Å². The molecule has 1 unspecified atom stereocenters. The lowest BCUT2D eigenvalue weighted by atomic mass is 9.88. The Morgan fingerprint density at radius 3 is 2.77 bits per heavy atom. The molecular weight excluding hydrogens is 166 g/mol. The molecule has 3 nitrogen and oxygen atoms in total. The SMILES string of the molecule is COC1CC(NC2CCCOC2)C1. The Morgan fingerprint density at radius 2 is 2.15 bits per heavy atom. The molecule has 1 aliphatic heterocycles. The smallest absolute Gasteiger partial charge is 0.0619 e. The first-order chi connectivity index (χ1) is 6.38. The molecule has 0 bridgehead atoms. The van der Waals surface area contributed by atoms with Gasteiger partial charge in [0.25, 0.3) is 0 Å². The summed E-state index contributed by atoms with van der Waals surface area (Å²) in [6.45, 7) is 1.84. The first kappa shape index (κ1) is 9.44. The summed E-state index contributed by atoms with van der Waals surface area (Å²) in [7, 11) is 1.80. The van der Waals surface area contributed by atoms with Crippen molar-refractivity contribution in [2.24, 2.45) is 0 Å². The number of hydrogen-bond acceptors (Lipinski definition) is 3. The van der Waals surface area contributed by atoms with E-state index in [9.17, 15) is 0 Å². The average molecular weight is 185 g/mol. The van der Waals surface area contributed by atoms with Crippen molar-refractivity contribution in [2.45, 2.75) is 43.9 Å². The van der Waals surface area contributed by atoms with Gasteiger partial charge in [-0.1, -0.05) is 0 Å². The van der Waals surface area contributed by atoms with Crippen LogP contribution in [0.1, 0.15) is 25.7 Å². The van der Waals surface area contributed by atoms with Gasteiger partial charge < -0.3 is 14.8 Å². The van der Waals surface area contributed by atoms with Crippen LogP contribution in [0.15, 0.2) is 0 Å². The second-order valence-electron chi connectivity index (χ2n) is 4.11. The van der Waals surface area contributed by atoms with Crippen molar-refractivity contribution in [3.63, 3.8) is 0 Å². The molecule has 0 aromatic heterocycles. The van der Waals surface area contributed by atoms with Crippen LogP contribution in [0.4, 0.5) is 0 Å². The van der Waals surface area contributed by atoms with Gasteiger partial charge in [-0.15, -0.1) is 0 Å². The Hall–Kier alpha value is -0.120. The van der Waals surface area contributed by atoms with E-state index in [1.807, 2.05) is 0 Å². The molecule has 2 fully saturated rings. The van der Waals surface area contributed by atoms with Gasteiger partial charge in [0.2, 0.25) is 0 Å². The summed E-state index contributed by atoms with van der Waals surface area (Å²) in [5.41, 5.74) is 0. The van der Waals surface area contributed by atoms with Gasteiger partial charge in [0, 0.05) is 25.8 Å². The molecule has 1 N–H and O–H groups in total. The molecule has 0 amide bonds. The van der Waals surface area contributed by atoms with Gasteiger partial charge in [-0.25, -0.2) is 0 Å². The highest BCUT2D eigenvalue weighted by molar-refractivity contribution is 4.88. The summed E-state index contributed by atoms with van der Waals surface area (Å²) in [6, 6.07) is 1.27. The Morgan fingerprint density at radius 1 is 1.31 bits per heavy atom. The summed E-state index contributed by atoms with van der Waals surface area (Å²) in [6.07, 6.45) is 5.33. The molecule has 76 valence electrons. The van der Waals surface area contributed by atoms with Crippen molar-refractivity contribution < 1.29 is 9.47 Å². The van der Waals surface area contributed by atoms with Crippen LogP contribution in [-0.4, -0.2) is 38.5 Å². The molecule has 1 aliphatic carbocycles. The van der Waals surface area contributed by atoms with E-state index in [0.29, 0.717) is 18.2 Å². The maximum atomic E-state index is 5.41. The van der Waals surface area contributed by atoms with Crippen LogP contribution >= 0.6 is 0 Å². The van der Waals surface area contributed by atoms with Crippen LogP contribution in [-0.2, 0) is 9.47 Å². The second kappa shape index (κ2) is 4.40. The third-order valence-corrected chi connectivity index (χ3v) is 3.06. The molecule has 0 aromatic rings. The van der Waals surface area contributed by atoms with E-state index >= 15 is 0 Å².